The van der Waals surface area contributed by atoms with E-state index in [1.54, 1.807) is 13.8 Å². The molecule has 34 heavy (non-hydrogen) atoms. The third-order valence-corrected chi connectivity index (χ3v) is 9.27. The van der Waals surface area contributed by atoms with Gasteiger partial charge in [-0.05, 0) is 75.9 Å². The quantitative estimate of drug-likeness (QED) is 0.167. The van der Waals surface area contributed by atoms with E-state index in [1.807, 2.05) is 6.92 Å². The maximum atomic E-state index is 12.8. The summed E-state index contributed by atoms with van der Waals surface area (Å²) in [5, 5.41) is 10.1. The Morgan fingerprint density at radius 1 is 0.882 bits per heavy atom. The maximum Gasteiger partial charge on any atom is 0.257 e. The van der Waals surface area contributed by atoms with Gasteiger partial charge in [0.1, 0.15) is 0 Å². The summed E-state index contributed by atoms with van der Waals surface area (Å²) >= 11 is 0. The van der Waals surface area contributed by atoms with Gasteiger partial charge in [0, 0.05) is 0 Å². The predicted molar refractivity (Wildman–Crippen MR) is 135 cm³/mol. The summed E-state index contributed by atoms with van der Waals surface area (Å²) in [5.41, 5.74) is -1.11. The van der Waals surface area contributed by atoms with Crippen LogP contribution in [-0.2, 0) is 19.2 Å². The zero-order valence-electron chi connectivity index (χ0n) is 23.1. The minimum absolute atomic E-state index is 0.0204. The molecule has 3 aliphatic rings. The first-order valence-corrected chi connectivity index (χ1v) is 13.8. The monoisotopic (exact) mass is 478 g/mol. The lowest BCUT2D eigenvalue weighted by molar-refractivity contribution is -0.438. The topological polar surface area (TPSA) is 68.3 Å². The molecule has 2 fully saturated rings. The first kappa shape index (κ1) is 27.8. The largest absolute Gasteiger partial charge is 0.348 e. The second kappa shape index (κ2) is 10.3. The van der Waals surface area contributed by atoms with Crippen LogP contribution in [0, 0.1) is 17.8 Å². The number of hydrogen-bond acceptors (Lipinski definition) is 5. The molecule has 0 bridgehead atoms. The average molecular weight is 479 g/mol. The van der Waals surface area contributed by atoms with Crippen LogP contribution in [0.3, 0.4) is 0 Å². The van der Waals surface area contributed by atoms with Crippen molar-refractivity contribution in [3.05, 3.63) is 11.1 Å². The van der Waals surface area contributed by atoms with Crippen molar-refractivity contribution in [2.75, 3.05) is 0 Å². The number of ether oxygens (including phenoxy) is 2. The molecule has 6 unspecified atom stereocenters. The van der Waals surface area contributed by atoms with Crippen molar-refractivity contribution in [1.29, 1.82) is 0 Å². The molecule has 6 atom stereocenters. The Morgan fingerprint density at radius 3 is 2.00 bits per heavy atom. The molecule has 0 aromatic rings. The second-order valence-electron chi connectivity index (χ2n) is 12.7. The van der Waals surface area contributed by atoms with Crippen molar-refractivity contribution < 1.29 is 24.4 Å². The highest BCUT2D eigenvalue weighted by molar-refractivity contribution is 6.07. The van der Waals surface area contributed by atoms with Crippen LogP contribution in [0.2, 0.25) is 0 Å². The number of Topliss-reactive ketones (excluding diaryl/α,β-unsaturated/α-hetero) is 1. The van der Waals surface area contributed by atoms with Crippen LogP contribution in [0.5, 0.6) is 0 Å². The summed E-state index contributed by atoms with van der Waals surface area (Å²) in [4.78, 5) is 18.0. The van der Waals surface area contributed by atoms with Gasteiger partial charge in [0.2, 0.25) is 0 Å². The Morgan fingerprint density at radius 2 is 1.44 bits per heavy atom. The highest BCUT2D eigenvalue weighted by atomic mass is 17.2. The van der Waals surface area contributed by atoms with Crippen molar-refractivity contribution in [3.8, 4) is 0 Å². The highest BCUT2D eigenvalue weighted by Crippen LogP contribution is 2.68. The summed E-state index contributed by atoms with van der Waals surface area (Å²) in [7, 11) is 0. The van der Waals surface area contributed by atoms with Gasteiger partial charge in [0.15, 0.2) is 17.0 Å². The van der Waals surface area contributed by atoms with Crippen LogP contribution in [-0.4, -0.2) is 33.6 Å². The zero-order chi connectivity index (χ0) is 25.4. The Balaban J connectivity index is 1.48. The van der Waals surface area contributed by atoms with Crippen LogP contribution in [0.25, 0.3) is 0 Å². The lowest BCUT2D eigenvalue weighted by Crippen LogP contribution is -2.65. The SMILES string of the molecule is CC1=C(C)C2(OO)OC(C)(CCCC(C)CCCC(C)CCCC(C)C)CCC23OC3(C)C1=O. The zero-order valence-corrected chi connectivity index (χ0v) is 23.1. The van der Waals surface area contributed by atoms with Crippen LogP contribution in [0.1, 0.15) is 126 Å². The molecule has 5 nitrogen and oxygen atoms in total. The molecule has 0 radical (unpaired) electrons. The molecule has 5 heteroatoms. The Hall–Kier alpha value is -0.750. The van der Waals surface area contributed by atoms with Crippen molar-refractivity contribution >= 4 is 5.78 Å². The maximum absolute atomic E-state index is 12.8. The second-order valence-corrected chi connectivity index (χ2v) is 12.7. The molecule has 2 saturated heterocycles. The van der Waals surface area contributed by atoms with Gasteiger partial charge in [-0.3, -0.25) is 4.79 Å². The van der Waals surface area contributed by atoms with E-state index in [9.17, 15) is 10.1 Å². The molecule has 2 heterocycles. The molecular weight excluding hydrogens is 428 g/mol. The van der Waals surface area contributed by atoms with Crippen LogP contribution in [0.4, 0.5) is 0 Å². The fourth-order valence-electron chi connectivity index (χ4n) is 6.60. The predicted octanol–water partition coefficient (Wildman–Crippen LogP) is 7.63. The van der Waals surface area contributed by atoms with E-state index < -0.39 is 22.6 Å². The number of ketones is 1. The lowest BCUT2D eigenvalue weighted by Gasteiger charge is -2.51. The number of carbonyl (C=O) groups is 1. The minimum Gasteiger partial charge on any atom is -0.348 e. The van der Waals surface area contributed by atoms with Gasteiger partial charge in [0.05, 0.1) is 5.60 Å². The third kappa shape index (κ3) is 4.92. The van der Waals surface area contributed by atoms with E-state index in [0.29, 0.717) is 23.5 Å². The first-order valence-electron chi connectivity index (χ1n) is 13.8. The molecular formula is C29H50O5. The molecule has 1 spiro atoms. The van der Waals surface area contributed by atoms with E-state index in [4.69, 9.17) is 14.4 Å². The van der Waals surface area contributed by atoms with E-state index in [1.165, 1.54) is 44.9 Å². The molecule has 0 aromatic carbocycles. The van der Waals surface area contributed by atoms with Gasteiger partial charge in [-0.1, -0.05) is 79.1 Å². The fraction of sp³-hybridized carbons (Fsp3) is 0.897. The van der Waals surface area contributed by atoms with E-state index in [-0.39, 0.29) is 5.78 Å². The summed E-state index contributed by atoms with van der Waals surface area (Å²) in [6, 6.07) is 0. The minimum atomic E-state index is -1.40. The third-order valence-electron chi connectivity index (χ3n) is 9.27. The Labute approximate surface area is 207 Å². The molecule has 1 aliphatic carbocycles. The van der Waals surface area contributed by atoms with Crippen LogP contribution < -0.4 is 0 Å². The number of carbonyl (C=O) groups excluding carboxylic acids is 1. The van der Waals surface area contributed by atoms with Gasteiger partial charge in [-0.2, -0.15) is 4.89 Å². The first-order chi connectivity index (χ1) is 15.9. The highest BCUT2D eigenvalue weighted by Gasteiger charge is 2.86. The summed E-state index contributed by atoms with van der Waals surface area (Å²) in [6.45, 7) is 16.9. The Kier molecular flexibility index (Phi) is 8.45. The van der Waals surface area contributed by atoms with E-state index in [0.717, 1.165) is 31.1 Å². The normalized spacial score (nSPS) is 36.9. The standard InChI is InChI=1S/C29H50O5/c1-20(2)12-9-13-21(3)14-10-15-22(4)16-11-17-26(7)18-19-28-27(8,33-28)25(30)23(5)24(6)29(28,32-26)34-31/h20-22,31H,9-19H2,1-8H3. The molecule has 1 N–H and O–H groups in total. The van der Waals surface area contributed by atoms with Crippen LogP contribution in [0.15, 0.2) is 11.1 Å². The number of epoxide rings is 1. The Bertz CT molecular complexity index is 774. The van der Waals surface area contributed by atoms with Gasteiger partial charge in [-0.25, -0.2) is 5.26 Å². The van der Waals surface area contributed by atoms with Crippen LogP contribution >= 0.6 is 0 Å². The number of hydrogen-bond donors (Lipinski definition) is 1. The van der Waals surface area contributed by atoms with Gasteiger partial charge in [0.25, 0.3) is 5.79 Å². The molecule has 0 saturated carbocycles. The molecule has 2 aliphatic heterocycles. The average Bonchev–Trinajstić information content (AvgIpc) is 3.40. The van der Waals surface area contributed by atoms with Gasteiger partial charge < -0.3 is 9.47 Å². The fourth-order valence-corrected chi connectivity index (χ4v) is 6.60. The summed E-state index contributed by atoms with van der Waals surface area (Å²) < 4.78 is 12.6. The van der Waals surface area contributed by atoms with Crippen molar-refractivity contribution in [3.63, 3.8) is 0 Å². The smallest absolute Gasteiger partial charge is 0.257 e. The van der Waals surface area contributed by atoms with Crippen molar-refractivity contribution in [2.45, 2.75) is 149 Å². The molecule has 3 rings (SSSR count). The van der Waals surface area contributed by atoms with E-state index in [2.05, 4.69) is 34.6 Å². The number of rotatable bonds is 13. The van der Waals surface area contributed by atoms with E-state index >= 15 is 0 Å². The lowest BCUT2D eigenvalue weighted by atomic mass is 9.67. The van der Waals surface area contributed by atoms with Gasteiger partial charge >= 0.3 is 0 Å². The van der Waals surface area contributed by atoms with Gasteiger partial charge in [-0.15, -0.1) is 0 Å². The molecule has 196 valence electrons. The molecule has 0 aromatic heterocycles. The van der Waals surface area contributed by atoms with Crippen molar-refractivity contribution in [1.82, 2.24) is 0 Å². The molecule has 0 amide bonds. The van der Waals surface area contributed by atoms with Crippen molar-refractivity contribution in [2.24, 2.45) is 17.8 Å². The summed E-state index contributed by atoms with van der Waals surface area (Å²) in [5.74, 6) is 0.936. The summed E-state index contributed by atoms with van der Waals surface area (Å²) in [6.07, 6.45) is 12.6.